The van der Waals surface area contributed by atoms with Gasteiger partial charge in [0, 0.05) is 6.42 Å². The quantitative estimate of drug-likeness (QED) is 0.549. The molecule has 164 valence electrons. The largest absolute Gasteiger partial charge is 0.573 e. The van der Waals surface area contributed by atoms with Gasteiger partial charge >= 0.3 is 19.2 Å². The molecular weight excluding hydrogens is 418 g/mol. The van der Waals surface area contributed by atoms with Crippen molar-refractivity contribution in [1.82, 2.24) is 5.32 Å². The fraction of sp³-hybridized carbons (Fsp3) is 0.588. The second kappa shape index (κ2) is 8.72. The molecule has 0 bridgehead atoms. The van der Waals surface area contributed by atoms with Crippen LogP contribution < -0.4 is 10.1 Å². The molecule has 1 aromatic carbocycles. The van der Waals surface area contributed by atoms with Crippen molar-refractivity contribution in [2.24, 2.45) is 5.41 Å². The van der Waals surface area contributed by atoms with E-state index in [1.807, 2.05) is 0 Å². The molecule has 1 atom stereocenters. The van der Waals surface area contributed by atoms with Crippen molar-refractivity contribution in [3.8, 4) is 5.75 Å². The van der Waals surface area contributed by atoms with Crippen LogP contribution in [-0.4, -0.2) is 31.7 Å². The predicted octanol–water partition coefficient (Wildman–Crippen LogP) is 5.10. The third kappa shape index (κ3) is 7.02. The Hall–Kier alpha value is -2.11. The monoisotopic (exact) mass is 435 g/mol. The number of amides is 1. The summed E-state index contributed by atoms with van der Waals surface area (Å²) in [4.78, 5) is 12.1. The van der Waals surface area contributed by atoms with Crippen LogP contribution in [-0.2, 0) is 9.53 Å². The summed E-state index contributed by atoms with van der Waals surface area (Å²) in [5.41, 5.74) is -1.96. The maximum absolute atomic E-state index is 12.9. The first kappa shape index (κ1) is 23.2. The summed E-state index contributed by atoms with van der Waals surface area (Å²) in [5, 5.41) is 2.23. The van der Waals surface area contributed by atoms with E-state index >= 15 is 0 Å². The molecule has 29 heavy (non-hydrogen) atoms. The molecule has 0 heterocycles. The highest BCUT2D eigenvalue weighted by Gasteiger charge is 2.62. The van der Waals surface area contributed by atoms with E-state index in [1.54, 1.807) is 0 Å². The molecule has 2 rings (SSSR count). The number of rotatable bonds is 9. The van der Waals surface area contributed by atoms with Gasteiger partial charge in [-0.1, -0.05) is 12.1 Å². The van der Waals surface area contributed by atoms with Crippen molar-refractivity contribution in [3.63, 3.8) is 0 Å². The summed E-state index contributed by atoms with van der Waals surface area (Å²) in [5.74, 6) is -1.52. The Balaban J connectivity index is 2.06. The molecule has 4 nitrogen and oxygen atoms in total. The minimum Gasteiger partial charge on any atom is -0.406 e. The number of nitrogens with one attached hydrogen (secondary N) is 1. The number of carbonyl (C=O) groups excluding carboxylic acids is 1. The Kier molecular flexibility index (Phi) is 6.97. The Bertz CT molecular complexity index is 701. The average molecular weight is 435 g/mol. The van der Waals surface area contributed by atoms with Crippen LogP contribution in [0.1, 0.15) is 37.3 Å². The van der Waals surface area contributed by atoms with Crippen LogP contribution in [0.15, 0.2) is 24.3 Å². The molecule has 0 radical (unpaired) electrons. The van der Waals surface area contributed by atoms with Gasteiger partial charge in [0.05, 0.1) is 18.1 Å². The molecule has 1 aliphatic carbocycles. The van der Waals surface area contributed by atoms with E-state index < -0.39 is 61.7 Å². The topological polar surface area (TPSA) is 47.6 Å². The molecule has 0 saturated heterocycles. The minimum atomic E-state index is -4.99. The molecule has 12 heteroatoms. The first-order valence-electron chi connectivity index (χ1n) is 8.43. The highest BCUT2D eigenvalue weighted by atomic mass is 19.4. The van der Waals surface area contributed by atoms with Crippen molar-refractivity contribution in [2.75, 3.05) is 6.61 Å². The third-order valence-electron chi connectivity index (χ3n) is 4.50. The lowest BCUT2D eigenvalue weighted by atomic mass is 9.99. The van der Waals surface area contributed by atoms with E-state index in [0.29, 0.717) is 0 Å². The minimum absolute atomic E-state index is 0.0438. The van der Waals surface area contributed by atoms with Gasteiger partial charge in [0.1, 0.15) is 5.75 Å². The molecule has 0 unspecified atom stereocenters. The summed E-state index contributed by atoms with van der Waals surface area (Å²) in [7, 11) is 0. The first-order valence-corrected chi connectivity index (χ1v) is 8.43. The lowest BCUT2D eigenvalue weighted by molar-refractivity contribution is -0.274. The van der Waals surface area contributed by atoms with Crippen LogP contribution in [0.4, 0.5) is 35.1 Å². The van der Waals surface area contributed by atoms with Gasteiger partial charge in [-0.25, -0.2) is 0 Å². The van der Waals surface area contributed by atoms with Gasteiger partial charge in [-0.05, 0) is 37.0 Å². The second-order valence-corrected chi connectivity index (χ2v) is 6.61. The molecular formula is C17H17F8NO3. The van der Waals surface area contributed by atoms with Crippen molar-refractivity contribution in [3.05, 3.63) is 29.8 Å². The standard InChI is InChI=1S/C17H17F8NO3/c18-14(19)28-9-12(10-2-1-3-11(8-10)29-17(23,24)25)26-13(27)4-5-15(6-7-15)16(20,21)22/h1-3,8,12,14H,4-7,9H2,(H,26,27)/t12-/m0/s1. The number of carbonyl (C=O) groups is 1. The van der Waals surface area contributed by atoms with Gasteiger partial charge in [-0.2, -0.15) is 22.0 Å². The zero-order valence-corrected chi connectivity index (χ0v) is 14.7. The maximum Gasteiger partial charge on any atom is 0.573 e. The number of hydrogen-bond donors (Lipinski definition) is 1. The summed E-state index contributed by atoms with van der Waals surface area (Å²) in [6.07, 6.45) is -10.6. The fourth-order valence-corrected chi connectivity index (χ4v) is 2.76. The molecule has 1 amide bonds. The number of benzene rings is 1. The van der Waals surface area contributed by atoms with Crippen molar-refractivity contribution in [1.29, 1.82) is 0 Å². The third-order valence-corrected chi connectivity index (χ3v) is 4.50. The van der Waals surface area contributed by atoms with Crippen LogP contribution in [0.25, 0.3) is 0 Å². The van der Waals surface area contributed by atoms with Crippen LogP contribution in [0.5, 0.6) is 5.75 Å². The lowest BCUT2D eigenvalue weighted by Crippen LogP contribution is -2.33. The number of ether oxygens (including phenoxy) is 2. The smallest absolute Gasteiger partial charge is 0.406 e. The van der Waals surface area contributed by atoms with Crippen LogP contribution in [0, 0.1) is 5.41 Å². The Labute approximate surface area is 160 Å². The van der Waals surface area contributed by atoms with E-state index in [0.717, 1.165) is 18.2 Å². The Morgan fingerprint density at radius 3 is 2.31 bits per heavy atom. The zero-order valence-electron chi connectivity index (χ0n) is 14.7. The van der Waals surface area contributed by atoms with Crippen LogP contribution in [0.2, 0.25) is 0 Å². The number of hydrogen-bond acceptors (Lipinski definition) is 3. The Morgan fingerprint density at radius 2 is 1.79 bits per heavy atom. The number of halogens is 8. The van der Waals surface area contributed by atoms with Crippen molar-refractivity contribution in [2.45, 2.75) is 50.9 Å². The van der Waals surface area contributed by atoms with E-state index in [1.165, 1.54) is 6.07 Å². The molecule has 0 spiro atoms. The van der Waals surface area contributed by atoms with Gasteiger partial charge in [0.25, 0.3) is 0 Å². The van der Waals surface area contributed by atoms with Gasteiger partial charge in [-0.15, -0.1) is 13.2 Å². The molecule has 0 aliphatic heterocycles. The van der Waals surface area contributed by atoms with E-state index in [-0.39, 0.29) is 18.4 Å². The first-order chi connectivity index (χ1) is 13.3. The van der Waals surface area contributed by atoms with Gasteiger partial charge in [0.2, 0.25) is 5.91 Å². The van der Waals surface area contributed by atoms with Crippen LogP contribution in [0.3, 0.4) is 0 Å². The SMILES string of the molecule is O=C(CCC1(C(F)(F)F)CC1)N[C@@H](COC(F)F)c1cccc(OC(F)(F)F)c1. The van der Waals surface area contributed by atoms with Gasteiger partial charge < -0.3 is 14.8 Å². The summed E-state index contributed by atoms with van der Waals surface area (Å²) >= 11 is 0. The van der Waals surface area contributed by atoms with Crippen molar-refractivity contribution >= 4 is 5.91 Å². The van der Waals surface area contributed by atoms with E-state index in [2.05, 4.69) is 14.8 Å². The van der Waals surface area contributed by atoms with E-state index in [9.17, 15) is 39.9 Å². The summed E-state index contributed by atoms with van der Waals surface area (Å²) in [6.45, 7) is -4.02. The molecule has 1 aliphatic rings. The summed E-state index contributed by atoms with van der Waals surface area (Å²) < 4.78 is 108. The fourth-order valence-electron chi connectivity index (χ4n) is 2.76. The zero-order chi connectivity index (χ0) is 21.9. The normalized spacial score (nSPS) is 17.1. The molecule has 1 saturated carbocycles. The van der Waals surface area contributed by atoms with Crippen molar-refractivity contribution < 1.29 is 49.4 Å². The number of alkyl halides is 8. The molecule has 1 fully saturated rings. The van der Waals surface area contributed by atoms with Crippen LogP contribution >= 0.6 is 0 Å². The molecule has 1 aromatic rings. The Morgan fingerprint density at radius 1 is 1.14 bits per heavy atom. The van der Waals surface area contributed by atoms with Gasteiger partial charge in [0.15, 0.2) is 0 Å². The van der Waals surface area contributed by atoms with E-state index in [4.69, 9.17) is 0 Å². The lowest BCUT2D eigenvalue weighted by Gasteiger charge is -2.22. The predicted molar refractivity (Wildman–Crippen MR) is 82.9 cm³/mol. The molecule has 0 aromatic heterocycles. The molecule has 1 N–H and O–H groups in total. The second-order valence-electron chi connectivity index (χ2n) is 6.61. The van der Waals surface area contributed by atoms with Gasteiger partial charge in [-0.3, -0.25) is 4.79 Å². The average Bonchev–Trinajstić information content (AvgIpc) is 3.36. The maximum atomic E-state index is 12.9. The summed E-state index contributed by atoms with van der Waals surface area (Å²) in [6, 6.07) is 2.89. The highest BCUT2D eigenvalue weighted by molar-refractivity contribution is 5.76. The highest BCUT2D eigenvalue weighted by Crippen LogP contribution is 2.60.